The highest BCUT2D eigenvalue weighted by molar-refractivity contribution is 5.93. The third kappa shape index (κ3) is 4.51. The van der Waals surface area contributed by atoms with Gasteiger partial charge in [-0.3, -0.25) is 4.79 Å². The van der Waals surface area contributed by atoms with Crippen LogP contribution in [0.5, 0.6) is 0 Å². The second-order valence-electron chi connectivity index (χ2n) is 8.22. The fourth-order valence-corrected chi connectivity index (χ4v) is 3.91. The highest BCUT2D eigenvalue weighted by atomic mass is 16.1. The summed E-state index contributed by atoms with van der Waals surface area (Å²) in [6.07, 6.45) is 1.86. The largest absolute Gasteiger partial charge is 0.354 e. The molecule has 1 aliphatic rings. The SMILES string of the molecule is Cc1cccc(-c2ccc(N3CCC[C@@H](C(=O)Nc4ccc(C)c(C)c4)C3)nn2)c1. The number of aromatic nitrogens is 2. The van der Waals surface area contributed by atoms with E-state index in [1.54, 1.807) is 0 Å². The van der Waals surface area contributed by atoms with E-state index < -0.39 is 0 Å². The maximum absolute atomic E-state index is 12.8. The number of anilines is 2. The second-order valence-corrected chi connectivity index (χ2v) is 8.22. The van der Waals surface area contributed by atoms with E-state index in [9.17, 15) is 4.79 Å². The van der Waals surface area contributed by atoms with Gasteiger partial charge in [-0.15, -0.1) is 10.2 Å². The highest BCUT2D eigenvalue weighted by Gasteiger charge is 2.27. The summed E-state index contributed by atoms with van der Waals surface area (Å²) in [6.45, 7) is 7.76. The molecule has 1 aliphatic heterocycles. The lowest BCUT2D eigenvalue weighted by atomic mass is 9.97. The summed E-state index contributed by atoms with van der Waals surface area (Å²) >= 11 is 0. The van der Waals surface area contributed by atoms with Crippen LogP contribution in [-0.4, -0.2) is 29.2 Å². The zero-order chi connectivity index (χ0) is 21.1. The first-order chi connectivity index (χ1) is 14.5. The summed E-state index contributed by atoms with van der Waals surface area (Å²) in [4.78, 5) is 15.0. The molecule has 1 saturated heterocycles. The highest BCUT2D eigenvalue weighted by Crippen LogP contribution is 2.25. The van der Waals surface area contributed by atoms with Crippen molar-refractivity contribution in [2.45, 2.75) is 33.6 Å². The van der Waals surface area contributed by atoms with Gasteiger partial charge in [0.25, 0.3) is 0 Å². The van der Waals surface area contributed by atoms with E-state index in [-0.39, 0.29) is 11.8 Å². The van der Waals surface area contributed by atoms with E-state index in [0.29, 0.717) is 6.54 Å². The van der Waals surface area contributed by atoms with Gasteiger partial charge in [0.2, 0.25) is 5.91 Å². The number of nitrogens with one attached hydrogen (secondary N) is 1. The van der Waals surface area contributed by atoms with Crippen molar-refractivity contribution in [2.75, 3.05) is 23.3 Å². The maximum Gasteiger partial charge on any atom is 0.229 e. The van der Waals surface area contributed by atoms with Crippen molar-refractivity contribution in [3.63, 3.8) is 0 Å². The minimum Gasteiger partial charge on any atom is -0.354 e. The van der Waals surface area contributed by atoms with Crippen molar-refractivity contribution in [2.24, 2.45) is 5.92 Å². The third-order valence-electron chi connectivity index (χ3n) is 5.85. The van der Waals surface area contributed by atoms with Crippen LogP contribution in [0.2, 0.25) is 0 Å². The summed E-state index contributed by atoms with van der Waals surface area (Å²) in [7, 11) is 0. The van der Waals surface area contributed by atoms with Crippen LogP contribution in [0.4, 0.5) is 11.5 Å². The molecule has 1 atom stereocenters. The van der Waals surface area contributed by atoms with E-state index in [1.807, 2.05) is 42.5 Å². The van der Waals surface area contributed by atoms with Gasteiger partial charge in [0.1, 0.15) is 0 Å². The first-order valence-electron chi connectivity index (χ1n) is 10.5. The predicted octanol–water partition coefficient (Wildman–Crippen LogP) is 4.92. The molecule has 30 heavy (non-hydrogen) atoms. The Morgan fingerprint density at radius 2 is 1.87 bits per heavy atom. The summed E-state index contributed by atoms with van der Waals surface area (Å²) in [5.74, 6) is 0.848. The van der Waals surface area contributed by atoms with E-state index in [2.05, 4.69) is 53.3 Å². The van der Waals surface area contributed by atoms with Crippen LogP contribution in [0.15, 0.2) is 54.6 Å². The number of benzene rings is 2. The number of carbonyl (C=O) groups is 1. The van der Waals surface area contributed by atoms with Crippen LogP contribution < -0.4 is 10.2 Å². The van der Waals surface area contributed by atoms with E-state index in [4.69, 9.17) is 0 Å². The van der Waals surface area contributed by atoms with Gasteiger partial charge >= 0.3 is 0 Å². The molecule has 1 N–H and O–H groups in total. The number of piperidine rings is 1. The zero-order valence-corrected chi connectivity index (χ0v) is 17.9. The normalized spacial score (nSPS) is 16.4. The molecule has 1 amide bonds. The van der Waals surface area contributed by atoms with Crippen LogP contribution in [-0.2, 0) is 4.79 Å². The van der Waals surface area contributed by atoms with Gasteiger partial charge < -0.3 is 10.2 Å². The Labute approximate surface area is 178 Å². The van der Waals surface area contributed by atoms with Gasteiger partial charge in [-0.05, 0) is 75.1 Å². The number of nitrogens with zero attached hydrogens (tertiary/aromatic N) is 3. The Kier molecular flexibility index (Phi) is 5.79. The molecule has 5 heteroatoms. The minimum atomic E-state index is -0.0568. The average Bonchev–Trinajstić information content (AvgIpc) is 2.76. The molecular weight excluding hydrogens is 372 g/mol. The Morgan fingerprint density at radius 3 is 2.60 bits per heavy atom. The summed E-state index contributed by atoms with van der Waals surface area (Å²) in [5.41, 5.74) is 6.41. The number of amides is 1. The summed E-state index contributed by atoms with van der Waals surface area (Å²) in [5, 5.41) is 12.0. The number of hydrogen-bond acceptors (Lipinski definition) is 4. The van der Waals surface area contributed by atoms with Crippen LogP contribution >= 0.6 is 0 Å². The lowest BCUT2D eigenvalue weighted by Crippen LogP contribution is -2.41. The monoisotopic (exact) mass is 400 g/mol. The van der Waals surface area contributed by atoms with Crippen molar-refractivity contribution >= 4 is 17.4 Å². The molecule has 2 aromatic carbocycles. The molecule has 0 saturated carbocycles. The molecule has 1 fully saturated rings. The maximum atomic E-state index is 12.8. The van der Waals surface area contributed by atoms with Crippen LogP contribution in [0, 0.1) is 26.7 Å². The Morgan fingerprint density at radius 1 is 1.00 bits per heavy atom. The Balaban J connectivity index is 1.43. The van der Waals surface area contributed by atoms with Crippen molar-refractivity contribution in [3.05, 3.63) is 71.3 Å². The fourth-order valence-electron chi connectivity index (χ4n) is 3.91. The molecule has 0 radical (unpaired) electrons. The molecule has 0 spiro atoms. The topological polar surface area (TPSA) is 58.1 Å². The van der Waals surface area contributed by atoms with Gasteiger partial charge in [-0.1, -0.05) is 29.8 Å². The first kappa shape index (κ1) is 20.1. The predicted molar refractivity (Wildman–Crippen MR) is 122 cm³/mol. The first-order valence-corrected chi connectivity index (χ1v) is 10.5. The minimum absolute atomic E-state index is 0.0568. The molecule has 1 aromatic heterocycles. The van der Waals surface area contributed by atoms with Crippen LogP contribution in [0.1, 0.15) is 29.5 Å². The van der Waals surface area contributed by atoms with Gasteiger partial charge in [0.05, 0.1) is 11.6 Å². The van der Waals surface area contributed by atoms with Crippen LogP contribution in [0.25, 0.3) is 11.3 Å². The molecule has 0 bridgehead atoms. The number of rotatable bonds is 4. The van der Waals surface area contributed by atoms with Crippen molar-refractivity contribution in [1.29, 1.82) is 0 Å². The average molecular weight is 401 g/mol. The Bertz CT molecular complexity index is 1050. The molecule has 154 valence electrons. The molecule has 4 rings (SSSR count). The zero-order valence-electron chi connectivity index (χ0n) is 17.9. The van der Waals surface area contributed by atoms with Gasteiger partial charge in [0.15, 0.2) is 5.82 Å². The van der Waals surface area contributed by atoms with E-state index in [1.165, 1.54) is 16.7 Å². The summed E-state index contributed by atoms with van der Waals surface area (Å²) in [6, 6.07) is 18.3. The van der Waals surface area contributed by atoms with Gasteiger partial charge in [0, 0.05) is 24.3 Å². The lowest BCUT2D eigenvalue weighted by Gasteiger charge is -2.32. The number of aryl methyl sites for hydroxylation is 3. The molecular formula is C25H28N4O. The van der Waals surface area contributed by atoms with Gasteiger partial charge in [-0.2, -0.15) is 0 Å². The van der Waals surface area contributed by atoms with Crippen molar-refractivity contribution < 1.29 is 4.79 Å². The van der Waals surface area contributed by atoms with E-state index in [0.717, 1.165) is 42.1 Å². The summed E-state index contributed by atoms with van der Waals surface area (Å²) < 4.78 is 0. The Hall–Kier alpha value is -3.21. The quantitative estimate of drug-likeness (QED) is 0.675. The third-order valence-corrected chi connectivity index (χ3v) is 5.85. The van der Waals surface area contributed by atoms with Crippen molar-refractivity contribution in [1.82, 2.24) is 10.2 Å². The molecule has 3 aromatic rings. The number of carbonyl (C=O) groups excluding carboxylic acids is 1. The van der Waals surface area contributed by atoms with Crippen molar-refractivity contribution in [3.8, 4) is 11.3 Å². The molecule has 5 nitrogen and oxygen atoms in total. The van der Waals surface area contributed by atoms with Crippen LogP contribution in [0.3, 0.4) is 0 Å². The lowest BCUT2D eigenvalue weighted by molar-refractivity contribution is -0.120. The molecule has 0 unspecified atom stereocenters. The standard InChI is InChI=1S/C25H28N4O/c1-17-6-4-7-20(14-17)23-11-12-24(28-27-23)29-13-5-8-21(16-29)25(30)26-22-10-9-18(2)19(3)15-22/h4,6-7,9-12,14-15,21H,5,8,13,16H2,1-3H3,(H,26,30)/t21-/m1/s1. The fraction of sp³-hybridized carbons (Fsp3) is 0.320. The molecule has 0 aliphatic carbocycles. The number of hydrogen-bond donors (Lipinski definition) is 1. The van der Waals surface area contributed by atoms with Gasteiger partial charge in [-0.25, -0.2) is 0 Å². The van der Waals surface area contributed by atoms with E-state index >= 15 is 0 Å². The smallest absolute Gasteiger partial charge is 0.229 e. The molecule has 2 heterocycles. The second kappa shape index (κ2) is 8.66.